The quantitative estimate of drug-likeness (QED) is 0.746. The van der Waals surface area contributed by atoms with Crippen molar-refractivity contribution in [3.05, 3.63) is 53.9 Å². The number of hydrogen-bond acceptors (Lipinski definition) is 1. The maximum Gasteiger partial charge on any atom is 0.0492 e. The Morgan fingerprint density at radius 1 is 1.22 bits per heavy atom. The van der Waals surface area contributed by atoms with Crippen LogP contribution in [0.2, 0.25) is 0 Å². The van der Waals surface area contributed by atoms with Gasteiger partial charge in [0.05, 0.1) is 0 Å². The molecule has 1 aromatic carbocycles. The first-order valence-electron chi connectivity index (χ1n) is 6.36. The van der Waals surface area contributed by atoms with Crippen LogP contribution in [0.1, 0.15) is 17.7 Å². The molecule has 1 atom stereocenters. The van der Waals surface area contributed by atoms with Crippen LogP contribution in [0.3, 0.4) is 0 Å². The molecule has 1 heterocycles. The van der Waals surface area contributed by atoms with Crippen molar-refractivity contribution >= 4 is 15.9 Å². The first-order chi connectivity index (χ1) is 8.79. The van der Waals surface area contributed by atoms with Crippen molar-refractivity contribution in [2.45, 2.75) is 19.3 Å². The zero-order chi connectivity index (χ0) is 12.8. The average molecular weight is 307 g/mol. The van der Waals surface area contributed by atoms with Gasteiger partial charge in [0.2, 0.25) is 0 Å². The number of halogens is 1. The summed E-state index contributed by atoms with van der Waals surface area (Å²) in [7, 11) is 2.01. The van der Waals surface area contributed by atoms with E-state index < -0.39 is 0 Å². The molecule has 2 rings (SSSR count). The van der Waals surface area contributed by atoms with Crippen LogP contribution in [0.25, 0.3) is 0 Å². The topological polar surface area (TPSA) is 17.8 Å². The molecule has 1 unspecified atom stereocenters. The van der Waals surface area contributed by atoms with Gasteiger partial charge >= 0.3 is 0 Å². The second-order valence-electron chi connectivity index (χ2n) is 4.69. The van der Waals surface area contributed by atoms with Gasteiger partial charge in [-0.25, -0.2) is 0 Å². The second kappa shape index (κ2) is 6.74. The first kappa shape index (κ1) is 13.3. The summed E-state index contributed by atoms with van der Waals surface area (Å²) in [4.78, 5) is 0. The third-order valence-corrected chi connectivity index (χ3v) is 4.23. The Balaban J connectivity index is 1.88. The Kier molecular flexibility index (Phi) is 5.00. The summed E-state index contributed by atoms with van der Waals surface area (Å²) < 4.78 is 1.97. The molecular formula is C15H19BrN2. The smallest absolute Gasteiger partial charge is 0.0492 e. The molecule has 0 fully saturated rings. The van der Waals surface area contributed by atoms with Gasteiger partial charge in [-0.1, -0.05) is 46.3 Å². The molecule has 2 nitrogen and oxygen atoms in total. The van der Waals surface area contributed by atoms with Crippen LogP contribution < -0.4 is 0 Å². The molecule has 96 valence electrons. The highest BCUT2D eigenvalue weighted by atomic mass is 79.9. The Bertz CT molecular complexity index is 464. The SMILES string of the molecule is Cn1nccc1CCC(CBr)Cc1ccccc1. The van der Waals surface area contributed by atoms with E-state index >= 15 is 0 Å². The summed E-state index contributed by atoms with van der Waals surface area (Å²) in [5, 5.41) is 5.26. The number of alkyl halides is 1. The zero-order valence-electron chi connectivity index (χ0n) is 10.7. The van der Waals surface area contributed by atoms with E-state index in [0.717, 1.165) is 18.2 Å². The fourth-order valence-electron chi connectivity index (χ4n) is 2.18. The number of benzene rings is 1. The van der Waals surface area contributed by atoms with E-state index in [1.54, 1.807) is 0 Å². The molecule has 0 saturated carbocycles. The molecule has 0 bridgehead atoms. The number of nitrogens with zero attached hydrogens (tertiary/aromatic N) is 2. The van der Waals surface area contributed by atoms with E-state index in [1.807, 2.05) is 17.9 Å². The lowest BCUT2D eigenvalue weighted by Gasteiger charge is -2.14. The van der Waals surface area contributed by atoms with Gasteiger partial charge < -0.3 is 0 Å². The number of hydrogen-bond donors (Lipinski definition) is 0. The van der Waals surface area contributed by atoms with E-state index in [9.17, 15) is 0 Å². The summed E-state index contributed by atoms with van der Waals surface area (Å²) in [6.45, 7) is 0. The fraction of sp³-hybridized carbons (Fsp3) is 0.400. The zero-order valence-corrected chi connectivity index (χ0v) is 12.3. The van der Waals surface area contributed by atoms with Gasteiger partial charge in [0.25, 0.3) is 0 Å². The summed E-state index contributed by atoms with van der Waals surface area (Å²) in [5.41, 5.74) is 2.74. The lowest BCUT2D eigenvalue weighted by molar-refractivity contribution is 0.528. The Labute approximate surface area is 117 Å². The van der Waals surface area contributed by atoms with Crippen LogP contribution in [-0.4, -0.2) is 15.1 Å². The molecule has 0 spiro atoms. The largest absolute Gasteiger partial charge is 0.273 e. The van der Waals surface area contributed by atoms with Crippen LogP contribution in [-0.2, 0) is 19.9 Å². The highest BCUT2D eigenvalue weighted by Gasteiger charge is 2.09. The Morgan fingerprint density at radius 3 is 2.61 bits per heavy atom. The molecule has 0 aliphatic rings. The van der Waals surface area contributed by atoms with Gasteiger partial charge in [-0.2, -0.15) is 5.10 Å². The van der Waals surface area contributed by atoms with Gasteiger partial charge in [0, 0.05) is 24.3 Å². The highest BCUT2D eigenvalue weighted by Crippen LogP contribution is 2.17. The second-order valence-corrected chi connectivity index (χ2v) is 5.34. The maximum atomic E-state index is 4.21. The summed E-state index contributed by atoms with van der Waals surface area (Å²) in [6, 6.07) is 12.8. The van der Waals surface area contributed by atoms with Crippen LogP contribution in [0.15, 0.2) is 42.6 Å². The predicted octanol–water partition coefficient (Wildman–Crippen LogP) is 3.61. The molecule has 0 radical (unpaired) electrons. The van der Waals surface area contributed by atoms with Crippen LogP contribution in [0, 0.1) is 5.92 Å². The van der Waals surface area contributed by atoms with Crippen LogP contribution in [0.5, 0.6) is 0 Å². The molecule has 0 saturated heterocycles. The summed E-state index contributed by atoms with van der Waals surface area (Å²) >= 11 is 3.63. The monoisotopic (exact) mass is 306 g/mol. The average Bonchev–Trinajstić information content (AvgIpc) is 2.81. The lowest BCUT2D eigenvalue weighted by Crippen LogP contribution is -2.09. The van der Waals surface area contributed by atoms with Gasteiger partial charge in [0.1, 0.15) is 0 Å². The summed E-state index contributed by atoms with van der Waals surface area (Å²) in [6.07, 6.45) is 5.30. The fourth-order valence-corrected chi connectivity index (χ4v) is 2.73. The van der Waals surface area contributed by atoms with E-state index in [4.69, 9.17) is 0 Å². The van der Waals surface area contributed by atoms with Crippen LogP contribution in [0.4, 0.5) is 0 Å². The van der Waals surface area contributed by atoms with Gasteiger partial charge in [0.15, 0.2) is 0 Å². The molecule has 3 heteroatoms. The van der Waals surface area contributed by atoms with Crippen molar-refractivity contribution in [3.63, 3.8) is 0 Å². The van der Waals surface area contributed by atoms with E-state index in [1.165, 1.54) is 17.7 Å². The Hall–Kier alpha value is -1.09. The normalized spacial score (nSPS) is 12.6. The molecule has 1 aromatic heterocycles. The van der Waals surface area contributed by atoms with Crippen molar-refractivity contribution in [2.75, 3.05) is 5.33 Å². The number of aromatic nitrogens is 2. The van der Waals surface area contributed by atoms with E-state index in [-0.39, 0.29) is 0 Å². The standard InChI is InChI=1S/C15H19BrN2/c1-18-15(9-10-17-18)8-7-14(12-16)11-13-5-3-2-4-6-13/h2-6,9-10,14H,7-8,11-12H2,1H3. The van der Waals surface area contributed by atoms with E-state index in [0.29, 0.717) is 5.92 Å². The minimum atomic E-state index is 0.683. The lowest BCUT2D eigenvalue weighted by atomic mass is 9.96. The number of rotatable bonds is 6. The molecular weight excluding hydrogens is 288 g/mol. The minimum Gasteiger partial charge on any atom is -0.273 e. The first-order valence-corrected chi connectivity index (χ1v) is 7.48. The minimum absolute atomic E-state index is 0.683. The summed E-state index contributed by atoms with van der Waals surface area (Å²) in [5.74, 6) is 0.683. The van der Waals surface area contributed by atoms with Gasteiger partial charge in [-0.3, -0.25) is 4.68 Å². The molecule has 0 N–H and O–H groups in total. The predicted molar refractivity (Wildman–Crippen MR) is 79.0 cm³/mol. The van der Waals surface area contributed by atoms with Crippen molar-refractivity contribution in [1.82, 2.24) is 9.78 Å². The number of aryl methyl sites for hydroxylation is 2. The molecule has 0 amide bonds. The molecule has 2 aromatic rings. The highest BCUT2D eigenvalue weighted by molar-refractivity contribution is 9.09. The van der Waals surface area contributed by atoms with Crippen molar-refractivity contribution in [1.29, 1.82) is 0 Å². The third kappa shape index (κ3) is 3.70. The molecule has 0 aliphatic heterocycles. The molecule has 0 aliphatic carbocycles. The van der Waals surface area contributed by atoms with Gasteiger partial charge in [-0.05, 0) is 36.8 Å². The van der Waals surface area contributed by atoms with Gasteiger partial charge in [-0.15, -0.1) is 0 Å². The van der Waals surface area contributed by atoms with Crippen molar-refractivity contribution in [3.8, 4) is 0 Å². The third-order valence-electron chi connectivity index (χ3n) is 3.32. The maximum absolute atomic E-state index is 4.21. The van der Waals surface area contributed by atoms with Crippen molar-refractivity contribution in [2.24, 2.45) is 13.0 Å². The van der Waals surface area contributed by atoms with Crippen molar-refractivity contribution < 1.29 is 0 Å². The Morgan fingerprint density at radius 2 is 2.00 bits per heavy atom. The molecule has 18 heavy (non-hydrogen) atoms. The van der Waals surface area contributed by atoms with E-state index in [2.05, 4.69) is 57.4 Å². The van der Waals surface area contributed by atoms with Crippen LogP contribution >= 0.6 is 15.9 Å².